The van der Waals surface area contributed by atoms with Crippen LogP contribution in [0.25, 0.3) is 0 Å². The van der Waals surface area contributed by atoms with Crippen LogP contribution in [-0.2, 0) is 16.1 Å². The molecule has 24 heavy (non-hydrogen) atoms. The SMILES string of the molecule is CCn1c(C)cc(C(=O)O[C@@H](C)C(=O)Nc2cccc(Br)c2)c1C. The fourth-order valence-corrected chi connectivity index (χ4v) is 2.98. The molecule has 0 saturated heterocycles. The van der Waals surface area contributed by atoms with Crippen molar-refractivity contribution in [3.05, 3.63) is 51.8 Å². The highest BCUT2D eigenvalue weighted by Gasteiger charge is 2.22. The number of carbonyl (C=O) groups excluding carboxylic acids is 2. The first-order valence-electron chi connectivity index (χ1n) is 7.77. The van der Waals surface area contributed by atoms with Crippen molar-refractivity contribution >= 4 is 33.5 Å². The molecule has 0 aliphatic heterocycles. The maximum atomic E-state index is 12.3. The predicted octanol–water partition coefficient (Wildman–Crippen LogP) is 4.07. The van der Waals surface area contributed by atoms with Crippen molar-refractivity contribution in [3.8, 4) is 0 Å². The number of nitrogens with zero attached hydrogens (tertiary/aromatic N) is 1. The highest BCUT2D eigenvalue weighted by molar-refractivity contribution is 9.10. The molecule has 0 spiro atoms. The van der Waals surface area contributed by atoms with Crippen molar-refractivity contribution in [2.75, 3.05) is 5.32 Å². The van der Waals surface area contributed by atoms with Gasteiger partial charge >= 0.3 is 5.97 Å². The lowest BCUT2D eigenvalue weighted by Gasteiger charge is -2.14. The number of anilines is 1. The van der Waals surface area contributed by atoms with Gasteiger partial charge in [-0.2, -0.15) is 0 Å². The highest BCUT2D eigenvalue weighted by Crippen LogP contribution is 2.18. The van der Waals surface area contributed by atoms with Crippen molar-refractivity contribution in [2.24, 2.45) is 0 Å². The van der Waals surface area contributed by atoms with Crippen LogP contribution in [0.2, 0.25) is 0 Å². The third-order valence-corrected chi connectivity index (χ3v) is 4.35. The van der Waals surface area contributed by atoms with Crippen LogP contribution in [0.15, 0.2) is 34.8 Å². The molecule has 6 heteroatoms. The maximum Gasteiger partial charge on any atom is 0.340 e. The number of halogens is 1. The Hall–Kier alpha value is -2.08. The maximum absolute atomic E-state index is 12.3. The number of rotatable bonds is 5. The number of aromatic nitrogens is 1. The van der Waals surface area contributed by atoms with Gasteiger partial charge in [0.2, 0.25) is 0 Å². The molecular formula is C18H21BrN2O3. The van der Waals surface area contributed by atoms with Gasteiger partial charge in [-0.05, 0) is 52.0 Å². The molecule has 1 amide bonds. The lowest BCUT2D eigenvalue weighted by Crippen LogP contribution is -2.30. The average molecular weight is 393 g/mol. The second-order valence-electron chi connectivity index (χ2n) is 5.58. The van der Waals surface area contributed by atoms with E-state index in [0.717, 1.165) is 22.4 Å². The molecule has 0 fully saturated rings. The summed E-state index contributed by atoms with van der Waals surface area (Å²) < 4.78 is 8.21. The van der Waals surface area contributed by atoms with Gasteiger partial charge in [0.05, 0.1) is 5.56 Å². The number of ether oxygens (including phenoxy) is 1. The molecule has 0 aliphatic carbocycles. The van der Waals surface area contributed by atoms with Gasteiger partial charge in [0.15, 0.2) is 6.10 Å². The smallest absolute Gasteiger partial charge is 0.340 e. The van der Waals surface area contributed by atoms with E-state index in [1.807, 2.05) is 37.5 Å². The minimum atomic E-state index is -0.888. The molecule has 1 heterocycles. The van der Waals surface area contributed by atoms with Crippen molar-refractivity contribution in [1.29, 1.82) is 0 Å². The Morgan fingerprint density at radius 3 is 2.58 bits per heavy atom. The summed E-state index contributed by atoms with van der Waals surface area (Å²) in [6.45, 7) is 8.17. The largest absolute Gasteiger partial charge is 0.449 e. The summed E-state index contributed by atoms with van der Waals surface area (Å²) in [5.74, 6) is -0.856. The van der Waals surface area contributed by atoms with Crippen LogP contribution in [0.5, 0.6) is 0 Å². The molecule has 0 bridgehead atoms. The second-order valence-corrected chi connectivity index (χ2v) is 6.49. The Morgan fingerprint density at radius 1 is 1.29 bits per heavy atom. The number of carbonyl (C=O) groups is 2. The van der Waals surface area contributed by atoms with Gasteiger partial charge in [-0.3, -0.25) is 4.79 Å². The van der Waals surface area contributed by atoms with E-state index < -0.39 is 12.1 Å². The molecule has 2 rings (SSSR count). The molecule has 1 aromatic carbocycles. The zero-order valence-electron chi connectivity index (χ0n) is 14.2. The van der Waals surface area contributed by atoms with Gasteiger partial charge in [0, 0.05) is 28.1 Å². The Bertz CT molecular complexity index is 768. The van der Waals surface area contributed by atoms with Crippen molar-refractivity contribution in [3.63, 3.8) is 0 Å². The van der Waals surface area contributed by atoms with Crippen molar-refractivity contribution in [1.82, 2.24) is 4.57 Å². The summed E-state index contributed by atoms with van der Waals surface area (Å²) in [6.07, 6.45) is -0.888. The van der Waals surface area contributed by atoms with Crippen LogP contribution in [-0.4, -0.2) is 22.5 Å². The molecule has 1 atom stereocenters. The van der Waals surface area contributed by atoms with E-state index in [2.05, 4.69) is 21.2 Å². The zero-order valence-corrected chi connectivity index (χ0v) is 15.8. The van der Waals surface area contributed by atoms with Crippen LogP contribution >= 0.6 is 15.9 Å². The number of nitrogens with one attached hydrogen (secondary N) is 1. The molecule has 128 valence electrons. The van der Waals surface area contributed by atoms with Gasteiger partial charge in [-0.1, -0.05) is 22.0 Å². The predicted molar refractivity (Wildman–Crippen MR) is 97.2 cm³/mol. The summed E-state index contributed by atoms with van der Waals surface area (Å²) in [5, 5.41) is 2.73. The van der Waals surface area contributed by atoms with Crippen LogP contribution in [0.3, 0.4) is 0 Å². The Balaban J connectivity index is 2.04. The Morgan fingerprint density at radius 2 is 2.00 bits per heavy atom. The summed E-state index contributed by atoms with van der Waals surface area (Å²) >= 11 is 3.34. The van der Waals surface area contributed by atoms with E-state index in [1.54, 1.807) is 25.1 Å². The summed E-state index contributed by atoms with van der Waals surface area (Å²) in [5.41, 5.74) is 2.98. The lowest BCUT2D eigenvalue weighted by atomic mass is 10.2. The summed E-state index contributed by atoms with van der Waals surface area (Å²) in [6, 6.07) is 9.02. The van der Waals surface area contributed by atoms with Gasteiger partial charge < -0.3 is 14.6 Å². The third kappa shape index (κ3) is 4.06. The minimum Gasteiger partial charge on any atom is -0.449 e. The number of benzene rings is 1. The molecule has 1 aromatic heterocycles. The number of esters is 1. The first-order valence-corrected chi connectivity index (χ1v) is 8.57. The van der Waals surface area contributed by atoms with Gasteiger partial charge in [0.25, 0.3) is 5.91 Å². The minimum absolute atomic E-state index is 0.370. The number of aryl methyl sites for hydroxylation is 1. The van der Waals surface area contributed by atoms with Crippen LogP contribution in [0, 0.1) is 13.8 Å². The zero-order chi connectivity index (χ0) is 17.9. The van der Waals surface area contributed by atoms with Gasteiger partial charge in [0.1, 0.15) is 0 Å². The topological polar surface area (TPSA) is 60.3 Å². The molecule has 1 N–H and O–H groups in total. The third-order valence-electron chi connectivity index (χ3n) is 3.85. The standard InChI is InChI=1S/C18H21BrN2O3/c1-5-21-11(2)9-16(12(21)3)18(23)24-13(4)17(22)20-15-8-6-7-14(19)10-15/h6-10,13H,5H2,1-4H3,(H,20,22)/t13-/m0/s1. The van der Waals surface area contributed by atoms with E-state index >= 15 is 0 Å². The Kier molecular flexibility index (Phi) is 5.83. The van der Waals surface area contributed by atoms with Gasteiger partial charge in [-0.25, -0.2) is 4.79 Å². The van der Waals surface area contributed by atoms with Crippen LogP contribution < -0.4 is 5.32 Å². The molecule has 0 radical (unpaired) electrons. The molecule has 5 nitrogen and oxygen atoms in total. The number of hydrogen-bond donors (Lipinski definition) is 1. The molecule has 0 unspecified atom stereocenters. The van der Waals surface area contributed by atoms with E-state index in [4.69, 9.17) is 4.74 Å². The van der Waals surface area contributed by atoms with Gasteiger partial charge in [-0.15, -0.1) is 0 Å². The second kappa shape index (κ2) is 7.66. The van der Waals surface area contributed by atoms with Crippen LogP contribution in [0.1, 0.15) is 35.6 Å². The normalized spacial score (nSPS) is 11.9. The van der Waals surface area contributed by atoms with E-state index in [1.165, 1.54) is 0 Å². The lowest BCUT2D eigenvalue weighted by molar-refractivity contribution is -0.123. The highest BCUT2D eigenvalue weighted by atomic mass is 79.9. The van der Waals surface area contributed by atoms with E-state index in [0.29, 0.717) is 11.3 Å². The van der Waals surface area contributed by atoms with Crippen molar-refractivity contribution < 1.29 is 14.3 Å². The fraction of sp³-hybridized carbons (Fsp3) is 0.333. The first kappa shape index (κ1) is 18.3. The fourth-order valence-electron chi connectivity index (χ4n) is 2.58. The monoisotopic (exact) mass is 392 g/mol. The molecular weight excluding hydrogens is 372 g/mol. The molecule has 0 saturated carbocycles. The number of hydrogen-bond acceptors (Lipinski definition) is 3. The summed E-state index contributed by atoms with van der Waals surface area (Å²) in [7, 11) is 0. The molecule has 2 aromatic rings. The first-order chi connectivity index (χ1) is 11.3. The average Bonchev–Trinajstić information content (AvgIpc) is 2.81. The quantitative estimate of drug-likeness (QED) is 0.779. The van der Waals surface area contributed by atoms with E-state index in [-0.39, 0.29) is 5.91 Å². The van der Waals surface area contributed by atoms with Crippen LogP contribution in [0.4, 0.5) is 5.69 Å². The summed E-state index contributed by atoms with van der Waals surface area (Å²) in [4.78, 5) is 24.5. The number of amides is 1. The van der Waals surface area contributed by atoms with Crippen molar-refractivity contribution in [2.45, 2.75) is 40.3 Å². The van der Waals surface area contributed by atoms with E-state index in [9.17, 15) is 9.59 Å². The molecule has 0 aliphatic rings. The Labute approximate surface area is 150 Å².